The van der Waals surface area contributed by atoms with E-state index in [1.165, 1.54) is 37.7 Å². The third kappa shape index (κ3) is 2.12. The third-order valence-electron chi connectivity index (χ3n) is 6.95. The zero-order chi connectivity index (χ0) is 16.1. The first-order valence-electron chi connectivity index (χ1n) is 9.28. The Morgan fingerprint density at radius 3 is 2.70 bits per heavy atom. The Hall–Kier alpha value is -1.51. The molecule has 1 aliphatic heterocycles. The number of nitrogens with one attached hydrogen (secondary N) is 1. The van der Waals surface area contributed by atoms with Gasteiger partial charge < -0.3 is 10.4 Å². The fraction of sp³-hybridized carbons (Fsp3) is 0.650. The minimum Gasteiger partial charge on any atom is -0.478 e. The fourth-order valence-electron chi connectivity index (χ4n) is 5.99. The Balaban J connectivity index is 1.83. The minimum absolute atomic E-state index is 0.443. The molecule has 0 radical (unpaired) electrons. The molecule has 2 aliphatic carbocycles. The molecule has 0 saturated heterocycles. The van der Waals surface area contributed by atoms with Gasteiger partial charge >= 0.3 is 5.97 Å². The van der Waals surface area contributed by atoms with Crippen molar-refractivity contribution in [1.29, 1.82) is 0 Å². The Morgan fingerprint density at radius 1 is 1.26 bits per heavy atom. The number of hydrogen-bond acceptors (Lipinski definition) is 2. The molecule has 124 valence electrons. The molecular weight excluding hydrogens is 286 g/mol. The Morgan fingerprint density at radius 2 is 2.00 bits per heavy atom. The van der Waals surface area contributed by atoms with E-state index in [-0.39, 0.29) is 0 Å². The highest BCUT2D eigenvalue weighted by Gasteiger charge is 2.54. The lowest BCUT2D eigenvalue weighted by atomic mass is 9.65. The lowest BCUT2D eigenvalue weighted by molar-refractivity contribution is 0.0697. The summed E-state index contributed by atoms with van der Waals surface area (Å²) < 4.78 is 0. The van der Waals surface area contributed by atoms with Gasteiger partial charge in [-0.1, -0.05) is 38.8 Å². The highest BCUT2D eigenvalue weighted by atomic mass is 16.4. The summed E-state index contributed by atoms with van der Waals surface area (Å²) in [4.78, 5) is 11.7. The van der Waals surface area contributed by atoms with Crippen LogP contribution in [0.1, 0.15) is 67.8 Å². The van der Waals surface area contributed by atoms with E-state index in [4.69, 9.17) is 0 Å². The summed E-state index contributed by atoms with van der Waals surface area (Å²) in [6.07, 6.45) is 6.39. The number of anilines is 1. The van der Waals surface area contributed by atoms with E-state index in [9.17, 15) is 9.90 Å². The molecular formula is C20H27NO2. The highest BCUT2D eigenvalue weighted by molar-refractivity contribution is 5.95. The molecule has 1 heterocycles. The van der Waals surface area contributed by atoms with Crippen LogP contribution in [-0.4, -0.2) is 17.1 Å². The number of hydrogen-bond donors (Lipinski definition) is 2. The van der Waals surface area contributed by atoms with E-state index < -0.39 is 5.97 Å². The lowest BCUT2D eigenvalue weighted by Crippen LogP contribution is -2.45. The summed E-state index contributed by atoms with van der Waals surface area (Å²) in [5.41, 5.74) is 2.66. The minimum atomic E-state index is -0.806. The smallest absolute Gasteiger partial charge is 0.337 e. The number of rotatable bonds is 4. The van der Waals surface area contributed by atoms with Gasteiger partial charge in [0, 0.05) is 6.04 Å². The van der Waals surface area contributed by atoms with E-state index in [0.29, 0.717) is 29.4 Å². The maximum atomic E-state index is 11.7. The van der Waals surface area contributed by atoms with Crippen molar-refractivity contribution >= 4 is 11.7 Å². The summed E-state index contributed by atoms with van der Waals surface area (Å²) in [7, 11) is 0. The van der Waals surface area contributed by atoms with Crippen molar-refractivity contribution in [3.8, 4) is 0 Å². The van der Waals surface area contributed by atoms with Crippen LogP contribution in [0.5, 0.6) is 0 Å². The number of carbonyl (C=O) groups is 1. The molecule has 2 bridgehead atoms. The highest BCUT2D eigenvalue weighted by Crippen LogP contribution is 2.62. The van der Waals surface area contributed by atoms with Crippen LogP contribution in [0.2, 0.25) is 0 Å². The molecule has 23 heavy (non-hydrogen) atoms. The predicted octanol–water partition coefficient (Wildman–Crippen LogP) is 4.74. The normalized spacial score (nSPS) is 34.1. The van der Waals surface area contributed by atoms with Crippen LogP contribution in [0.4, 0.5) is 5.69 Å². The van der Waals surface area contributed by atoms with Crippen molar-refractivity contribution in [2.75, 3.05) is 5.32 Å². The van der Waals surface area contributed by atoms with Gasteiger partial charge in [-0.3, -0.25) is 0 Å². The topological polar surface area (TPSA) is 49.3 Å². The van der Waals surface area contributed by atoms with Crippen LogP contribution in [0.3, 0.4) is 0 Å². The van der Waals surface area contributed by atoms with Crippen LogP contribution in [0, 0.1) is 23.7 Å². The molecule has 1 aromatic carbocycles. The summed E-state index contributed by atoms with van der Waals surface area (Å²) in [5.74, 6) is 2.72. The molecule has 5 atom stereocenters. The Kier molecular flexibility index (Phi) is 3.62. The van der Waals surface area contributed by atoms with Gasteiger partial charge in [0.15, 0.2) is 0 Å². The van der Waals surface area contributed by atoms with Crippen molar-refractivity contribution in [1.82, 2.24) is 0 Å². The molecule has 3 heteroatoms. The lowest BCUT2D eigenvalue weighted by Gasteiger charge is -2.46. The second-order valence-corrected chi connectivity index (χ2v) is 7.76. The number of carboxylic acid groups (broad SMARTS) is 1. The van der Waals surface area contributed by atoms with Crippen molar-refractivity contribution in [2.24, 2.45) is 23.7 Å². The number of para-hydroxylation sites is 1. The SMILES string of the molecule is CCC(CC)[C@@H]1Nc2c(C(=O)O)cccc2[C@H]2[C@H]3CC[C@H](C3)[C@H]21. The van der Waals surface area contributed by atoms with Crippen LogP contribution >= 0.6 is 0 Å². The van der Waals surface area contributed by atoms with E-state index in [0.717, 1.165) is 17.5 Å². The molecule has 3 nitrogen and oxygen atoms in total. The summed E-state index contributed by atoms with van der Waals surface area (Å²) >= 11 is 0. The Labute approximate surface area is 138 Å². The maximum Gasteiger partial charge on any atom is 0.337 e. The van der Waals surface area contributed by atoms with Gasteiger partial charge in [-0.2, -0.15) is 0 Å². The van der Waals surface area contributed by atoms with Gasteiger partial charge in [0.1, 0.15) is 0 Å². The largest absolute Gasteiger partial charge is 0.478 e. The van der Waals surface area contributed by atoms with Gasteiger partial charge in [-0.05, 0) is 60.5 Å². The average Bonchev–Trinajstić information content (AvgIpc) is 3.17. The van der Waals surface area contributed by atoms with Gasteiger partial charge in [-0.25, -0.2) is 4.79 Å². The summed E-state index contributed by atoms with van der Waals surface area (Å²) in [6, 6.07) is 6.31. The van der Waals surface area contributed by atoms with Crippen LogP contribution in [0.15, 0.2) is 18.2 Å². The van der Waals surface area contributed by atoms with Crippen molar-refractivity contribution in [2.45, 2.75) is 57.9 Å². The standard InChI is InChI=1S/C20H27NO2/c1-3-11(4-2)18-17-13-9-8-12(10-13)16(17)14-6-5-7-15(20(22)23)19(14)21-18/h5-7,11-13,16-18,21H,3-4,8-10H2,1-2H3,(H,22,23)/t12-,13+,16+,17+,18-/m0/s1. The molecule has 0 amide bonds. The molecule has 3 aliphatic rings. The first-order valence-corrected chi connectivity index (χ1v) is 9.28. The number of carboxylic acids is 1. The summed E-state index contributed by atoms with van der Waals surface area (Å²) in [5, 5.41) is 13.3. The molecule has 4 rings (SSSR count). The summed E-state index contributed by atoms with van der Waals surface area (Å²) in [6.45, 7) is 4.55. The van der Waals surface area contributed by atoms with E-state index in [1.54, 1.807) is 6.07 Å². The monoisotopic (exact) mass is 313 g/mol. The molecule has 0 aromatic heterocycles. The molecule has 0 spiro atoms. The number of fused-ring (bicyclic) bond motifs is 7. The Bertz CT molecular complexity index is 622. The van der Waals surface area contributed by atoms with E-state index >= 15 is 0 Å². The quantitative estimate of drug-likeness (QED) is 0.843. The van der Waals surface area contributed by atoms with Crippen molar-refractivity contribution in [3.05, 3.63) is 29.3 Å². The second kappa shape index (κ2) is 5.54. The van der Waals surface area contributed by atoms with Crippen molar-refractivity contribution in [3.63, 3.8) is 0 Å². The van der Waals surface area contributed by atoms with Gasteiger partial charge in [0.25, 0.3) is 0 Å². The van der Waals surface area contributed by atoms with Crippen LogP contribution < -0.4 is 5.32 Å². The fourth-order valence-corrected chi connectivity index (χ4v) is 5.99. The van der Waals surface area contributed by atoms with E-state index in [2.05, 4.69) is 25.2 Å². The second-order valence-electron chi connectivity index (χ2n) is 7.76. The molecule has 0 unspecified atom stereocenters. The predicted molar refractivity (Wildman–Crippen MR) is 91.9 cm³/mol. The zero-order valence-corrected chi connectivity index (χ0v) is 14.1. The maximum absolute atomic E-state index is 11.7. The van der Waals surface area contributed by atoms with Gasteiger partial charge in [-0.15, -0.1) is 0 Å². The number of benzene rings is 1. The molecule has 1 aromatic rings. The first-order chi connectivity index (χ1) is 11.2. The average molecular weight is 313 g/mol. The number of aromatic carboxylic acids is 1. The van der Waals surface area contributed by atoms with Gasteiger partial charge in [0.05, 0.1) is 11.3 Å². The van der Waals surface area contributed by atoms with E-state index in [1.807, 2.05) is 6.07 Å². The van der Waals surface area contributed by atoms with Crippen molar-refractivity contribution < 1.29 is 9.90 Å². The zero-order valence-electron chi connectivity index (χ0n) is 14.1. The van der Waals surface area contributed by atoms with Crippen LogP contribution in [0.25, 0.3) is 0 Å². The van der Waals surface area contributed by atoms with Crippen LogP contribution in [-0.2, 0) is 0 Å². The van der Waals surface area contributed by atoms with Gasteiger partial charge in [0.2, 0.25) is 0 Å². The molecule has 2 N–H and O–H groups in total. The molecule has 2 fully saturated rings. The third-order valence-corrected chi connectivity index (χ3v) is 6.95. The first kappa shape index (κ1) is 15.0. The molecule has 2 saturated carbocycles.